The second kappa shape index (κ2) is 2.27. The van der Waals surface area contributed by atoms with Crippen LogP contribution in [0.4, 0.5) is 0 Å². The van der Waals surface area contributed by atoms with Crippen molar-refractivity contribution in [2.45, 2.75) is 25.7 Å². The molecule has 0 spiro atoms. The summed E-state index contributed by atoms with van der Waals surface area (Å²) in [6.45, 7) is 0.446. The van der Waals surface area contributed by atoms with Crippen molar-refractivity contribution in [3.63, 3.8) is 0 Å². The Morgan fingerprint density at radius 3 is 2.71 bits per heavy atom. The molecule has 0 aromatic heterocycles. The number of allylic oxidation sites excluding steroid dienone is 2. The zero-order valence-corrected chi connectivity index (χ0v) is 7.91. The molecule has 1 heterocycles. The van der Waals surface area contributed by atoms with Crippen LogP contribution in [0.15, 0.2) is 12.2 Å². The first-order valence-electron chi connectivity index (χ1n) is 5.03. The summed E-state index contributed by atoms with van der Waals surface area (Å²) >= 11 is 0. The molecule has 3 rings (SSSR count). The summed E-state index contributed by atoms with van der Waals surface area (Å²) in [5, 5.41) is 0. The second-order valence-electron chi connectivity index (χ2n) is 4.71. The molecule has 0 radical (unpaired) electrons. The third-order valence-corrected chi connectivity index (χ3v) is 4.06. The fourth-order valence-electron chi connectivity index (χ4n) is 3.24. The van der Waals surface area contributed by atoms with Gasteiger partial charge in [-0.2, -0.15) is 0 Å². The van der Waals surface area contributed by atoms with Gasteiger partial charge in [-0.25, -0.2) is 0 Å². The van der Waals surface area contributed by atoms with Crippen molar-refractivity contribution in [1.82, 2.24) is 0 Å². The van der Waals surface area contributed by atoms with Crippen molar-refractivity contribution < 1.29 is 14.3 Å². The van der Waals surface area contributed by atoms with Crippen LogP contribution in [0.1, 0.15) is 25.7 Å². The van der Waals surface area contributed by atoms with Gasteiger partial charge in [0, 0.05) is 18.3 Å². The molecule has 1 saturated carbocycles. The van der Waals surface area contributed by atoms with E-state index in [9.17, 15) is 9.59 Å². The number of cyclic esters (lactones) is 1. The highest BCUT2D eigenvalue weighted by atomic mass is 16.5. The van der Waals surface area contributed by atoms with Crippen molar-refractivity contribution in [1.29, 1.82) is 0 Å². The molecule has 0 unspecified atom stereocenters. The van der Waals surface area contributed by atoms with Crippen LogP contribution in [-0.2, 0) is 14.3 Å². The molecule has 3 nitrogen and oxygen atoms in total. The molecule has 0 N–H and O–H groups in total. The third kappa shape index (κ3) is 0.703. The van der Waals surface area contributed by atoms with Gasteiger partial charge in [0.15, 0.2) is 0 Å². The smallest absolute Gasteiger partial charge is 0.313 e. The van der Waals surface area contributed by atoms with Crippen molar-refractivity contribution in [2.75, 3.05) is 6.61 Å². The molecular formula is C11H12O3. The Morgan fingerprint density at radius 1 is 1.14 bits per heavy atom. The molecule has 3 aliphatic rings. The van der Waals surface area contributed by atoms with Gasteiger partial charge in [0.25, 0.3) is 0 Å². The van der Waals surface area contributed by atoms with Gasteiger partial charge >= 0.3 is 5.97 Å². The minimum absolute atomic E-state index is 0.146. The van der Waals surface area contributed by atoms with Gasteiger partial charge in [-0.1, -0.05) is 12.2 Å². The van der Waals surface area contributed by atoms with E-state index in [0.29, 0.717) is 25.9 Å². The lowest BCUT2D eigenvalue weighted by atomic mass is 9.62. The highest BCUT2D eigenvalue weighted by Gasteiger charge is 2.67. The van der Waals surface area contributed by atoms with E-state index >= 15 is 0 Å². The van der Waals surface area contributed by atoms with Gasteiger partial charge in [0.1, 0.15) is 5.78 Å². The van der Waals surface area contributed by atoms with Crippen LogP contribution in [0.3, 0.4) is 0 Å². The Balaban J connectivity index is 2.16. The molecule has 14 heavy (non-hydrogen) atoms. The van der Waals surface area contributed by atoms with E-state index in [-0.39, 0.29) is 17.2 Å². The van der Waals surface area contributed by atoms with Crippen LogP contribution in [-0.4, -0.2) is 18.4 Å². The van der Waals surface area contributed by atoms with Crippen LogP contribution in [0, 0.1) is 10.8 Å². The fourth-order valence-corrected chi connectivity index (χ4v) is 3.24. The van der Waals surface area contributed by atoms with E-state index in [1.807, 2.05) is 6.08 Å². The van der Waals surface area contributed by atoms with Crippen LogP contribution < -0.4 is 0 Å². The highest BCUT2D eigenvalue weighted by Crippen LogP contribution is 2.61. The van der Waals surface area contributed by atoms with E-state index in [4.69, 9.17) is 4.74 Å². The fraction of sp³-hybridized carbons (Fsp3) is 0.636. The molecule has 0 aromatic rings. The number of esters is 1. The topological polar surface area (TPSA) is 43.4 Å². The molecule has 1 saturated heterocycles. The van der Waals surface area contributed by atoms with Crippen molar-refractivity contribution in [3.05, 3.63) is 12.2 Å². The molecule has 0 bridgehead atoms. The summed E-state index contributed by atoms with van der Waals surface area (Å²) in [4.78, 5) is 23.3. The first-order valence-corrected chi connectivity index (χ1v) is 5.03. The summed E-state index contributed by atoms with van der Waals surface area (Å²) in [7, 11) is 0. The van der Waals surface area contributed by atoms with E-state index in [2.05, 4.69) is 6.08 Å². The monoisotopic (exact) mass is 192 g/mol. The lowest BCUT2D eigenvalue weighted by molar-refractivity contribution is -0.147. The maximum Gasteiger partial charge on any atom is 0.313 e. The van der Waals surface area contributed by atoms with Crippen molar-refractivity contribution in [2.24, 2.45) is 10.8 Å². The minimum Gasteiger partial charge on any atom is -0.465 e. The zero-order chi connectivity index (χ0) is 9.81. The van der Waals surface area contributed by atoms with Gasteiger partial charge in [0.2, 0.25) is 0 Å². The molecule has 0 aromatic carbocycles. The average Bonchev–Trinajstić information content (AvgIpc) is 2.60. The van der Waals surface area contributed by atoms with Gasteiger partial charge in [0.05, 0.1) is 12.0 Å². The average molecular weight is 192 g/mol. The minimum atomic E-state index is -0.487. The summed E-state index contributed by atoms with van der Waals surface area (Å²) < 4.78 is 5.17. The van der Waals surface area contributed by atoms with E-state index in [0.717, 1.165) is 6.42 Å². The van der Waals surface area contributed by atoms with Crippen LogP contribution in [0.25, 0.3) is 0 Å². The number of ketones is 1. The molecule has 2 atom stereocenters. The number of hydrogen-bond acceptors (Lipinski definition) is 3. The number of hydrogen-bond donors (Lipinski definition) is 0. The normalized spacial score (nSPS) is 44.9. The van der Waals surface area contributed by atoms with Crippen LogP contribution in [0.2, 0.25) is 0 Å². The molecule has 74 valence electrons. The van der Waals surface area contributed by atoms with Crippen LogP contribution in [0.5, 0.6) is 0 Å². The van der Waals surface area contributed by atoms with Crippen molar-refractivity contribution in [3.8, 4) is 0 Å². The Labute approximate surface area is 82.1 Å². The number of rotatable bonds is 0. The summed E-state index contributed by atoms with van der Waals surface area (Å²) in [5.74, 6) is 0.0815. The van der Waals surface area contributed by atoms with Gasteiger partial charge < -0.3 is 4.74 Å². The first kappa shape index (κ1) is 8.21. The predicted molar refractivity (Wildman–Crippen MR) is 48.4 cm³/mol. The second-order valence-corrected chi connectivity index (χ2v) is 4.71. The summed E-state index contributed by atoms with van der Waals surface area (Å²) in [6, 6.07) is 0. The van der Waals surface area contributed by atoms with Gasteiger partial charge in [-0.3, -0.25) is 9.59 Å². The number of carbonyl (C=O) groups excluding carboxylic acids is 2. The largest absolute Gasteiger partial charge is 0.465 e. The van der Waals surface area contributed by atoms with Crippen molar-refractivity contribution >= 4 is 11.8 Å². The molecule has 2 aliphatic carbocycles. The standard InChI is InChI=1S/C11H12O3/c12-8-5-10-3-1-2-4-11(10,6-8)9(13)14-7-10/h1-2H,3-7H2/t10-,11+/m0/s1. The Kier molecular flexibility index (Phi) is 1.33. The highest BCUT2D eigenvalue weighted by molar-refractivity contribution is 5.94. The Bertz CT molecular complexity index is 358. The lowest BCUT2D eigenvalue weighted by Crippen LogP contribution is -2.39. The molecule has 1 aliphatic heterocycles. The van der Waals surface area contributed by atoms with E-state index < -0.39 is 5.41 Å². The van der Waals surface area contributed by atoms with E-state index in [1.165, 1.54) is 0 Å². The molecular weight excluding hydrogens is 180 g/mol. The lowest BCUT2D eigenvalue weighted by Gasteiger charge is -2.36. The molecule has 3 heteroatoms. The van der Waals surface area contributed by atoms with Gasteiger partial charge in [-0.15, -0.1) is 0 Å². The zero-order valence-electron chi connectivity index (χ0n) is 7.91. The van der Waals surface area contributed by atoms with E-state index in [1.54, 1.807) is 0 Å². The maximum absolute atomic E-state index is 11.7. The SMILES string of the molecule is O=C1C[C@]23CC=CC[C@@]2(C1)C(=O)OC3. The number of Topliss-reactive ketones (excluding diaryl/α,β-unsaturated/α-hetero) is 1. The predicted octanol–water partition coefficient (Wildman–Crippen LogP) is 1.23. The summed E-state index contributed by atoms with van der Waals surface area (Å²) in [6.07, 6.45) is 6.55. The third-order valence-electron chi connectivity index (χ3n) is 4.06. The number of ether oxygens (including phenoxy) is 1. The quantitative estimate of drug-likeness (QED) is 0.428. The maximum atomic E-state index is 11.7. The Morgan fingerprint density at radius 2 is 1.93 bits per heavy atom. The van der Waals surface area contributed by atoms with Crippen LogP contribution >= 0.6 is 0 Å². The Hall–Kier alpha value is -1.12. The first-order chi connectivity index (χ1) is 6.69. The summed E-state index contributed by atoms with van der Waals surface area (Å²) in [5.41, 5.74) is -0.672. The number of carbonyl (C=O) groups is 2. The molecule has 0 amide bonds. The molecule has 2 fully saturated rings. The van der Waals surface area contributed by atoms with Gasteiger partial charge in [-0.05, 0) is 12.8 Å².